The van der Waals surface area contributed by atoms with E-state index in [0.29, 0.717) is 11.5 Å². The Kier molecular flexibility index (Phi) is 1.89. The Balaban J connectivity index is 2.19. The molecule has 12 heavy (non-hydrogen) atoms. The zero-order valence-corrected chi connectivity index (χ0v) is 6.99. The number of rotatable bonds is 1. The van der Waals surface area contributed by atoms with Crippen LogP contribution >= 0.6 is 0 Å². The molecule has 2 unspecified atom stereocenters. The molecule has 1 fully saturated rings. The summed E-state index contributed by atoms with van der Waals surface area (Å²) in [5.74, 6) is -0.424. The molecule has 66 valence electrons. The third-order valence-corrected chi connectivity index (χ3v) is 2.76. The number of carboxylic acid groups (broad SMARTS) is 1. The fourth-order valence-corrected chi connectivity index (χ4v) is 2.13. The summed E-state index contributed by atoms with van der Waals surface area (Å²) in [6.45, 7) is 2.93. The van der Waals surface area contributed by atoms with Crippen LogP contribution in [0, 0.1) is 5.92 Å². The molecule has 2 rings (SSSR count). The Morgan fingerprint density at radius 2 is 2.50 bits per heavy atom. The minimum absolute atomic E-state index is 0.296. The van der Waals surface area contributed by atoms with Crippen molar-refractivity contribution in [2.75, 3.05) is 19.6 Å². The maximum Gasteiger partial charge on any atom is 0.331 e. The van der Waals surface area contributed by atoms with Gasteiger partial charge in [-0.2, -0.15) is 0 Å². The average molecular weight is 167 g/mol. The van der Waals surface area contributed by atoms with Crippen LogP contribution in [0.4, 0.5) is 0 Å². The highest BCUT2D eigenvalue weighted by atomic mass is 16.4. The van der Waals surface area contributed by atoms with Crippen LogP contribution in [0.15, 0.2) is 11.6 Å². The van der Waals surface area contributed by atoms with Gasteiger partial charge in [-0.15, -0.1) is 0 Å². The van der Waals surface area contributed by atoms with Crippen LogP contribution in [0.25, 0.3) is 0 Å². The quantitative estimate of drug-likeness (QED) is 0.625. The van der Waals surface area contributed by atoms with Gasteiger partial charge >= 0.3 is 5.97 Å². The molecule has 1 saturated heterocycles. The molecule has 0 saturated carbocycles. The molecule has 2 aliphatic heterocycles. The molecular formula is C9H13NO2. The number of hydrogen-bond acceptors (Lipinski definition) is 2. The molecule has 0 spiro atoms. The van der Waals surface area contributed by atoms with Crippen LogP contribution in [0.3, 0.4) is 0 Å². The summed E-state index contributed by atoms with van der Waals surface area (Å²) >= 11 is 0. The SMILES string of the molecule is O=C(O)C1=CCN2CCCC1C2. The van der Waals surface area contributed by atoms with Crippen molar-refractivity contribution in [3.63, 3.8) is 0 Å². The molecule has 0 aromatic carbocycles. The average Bonchev–Trinajstić information content (AvgIpc) is 2.04. The molecule has 3 nitrogen and oxygen atoms in total. The first-order chi connectivity index (χ1) is 5.77. The van der Waals surface area contributed by atoms with E-state index in [0.717, 1.165) is 32.5 Å². The summed E-state index contributed by atoms with van der Waals surface area (Å²) in [6, 6.07) is 0. The Bertz CT molecular complexity index is 235. The Morgan fingerprint density at radius 3 is 3.25 bits per heavy atom. The van der Waals surface area contributed by atoms with Gasteiger partial charge in [-0.1, -0.05) is 6.08 Å². The number of nitrogens with zero attached hydrogens (tertiary/aromatic N) is 1. The highest BCUT2D eigenvalue weighted by Crippen LogP contribution is 2.27. The van der Waals surface area contributed by atoms with Gasteiger partial charge in [0.15, 0.2) is 0 Å². The third kappa shape index (κ3) is 1.25. The molecule has 2 atom stereocenters. The van der Waals surface area contributed by atoms with Crippen molar-refractivity contribution in [2.24, 2.45) is 5.92 Å². The maximum atomic E-state index is 10.8. The molecule has 1 N–H and O–H groups in total. The van der Waals surface area contributed by atoms with Crippen molar-refractivity contribution in [1.29, 1.82) is 0 Å². The second-order valence-corrected chi connectivity index (χ2v) is 3.56. The molecule has 3 heteroatoms. The summed E-state index contributed by atoms with van der Waals surface area (Å²) in [5.41, 5.74) is 0.644. The van der Waals surface area contributed by atoms with E-state index >= 15 is 0 Å². The van der Waals surface area contributed by atoms with Crippen molar-refractivity contribution in [1.82, 2.24) is 4.90 Å². The monoisotopic (exact) mass is 167 g/mol. The third-order valence-electron chi connectivity index (χ3n) is 2.76. The lowest BCUT2D eigenvalue weighted by Crippen LogP contribution is -2.41. The standard InChI is InChI=1S/C9H13NO2/c11-9(12)8-3-5-10-4-1-2-7(8)6-10/h3,7H,1-2,4-6H2,(H,11,12). The van der Waals surface area contributed by atoms with Crippen molar-refractivity contribution in [3.8, 4) is 0 Å². The highest BCUT2D eigenvalue weighted by Gasteiger charge is 2.29. The Morgan fingerprint density at radius 1 is 1.67 bits per heavy atom. The molecule has 0 radical (unpaired) electrons. The zero-order chi connectivity index (χ0) is 8.55. The lowest BCUT2D eigenvalue weighted by atomic mass is 9.87. The van der Waals surface area contributed by atoms with Crippen LogP contribution in [-0.2, 0) is 4.79 Å². The van der Waals surface area contributed by atoms with Crippen molar-refractivity contribution in [3.05, 3.63) is 11.6 Å². The van der Waals surface area contributed by atoms with E-state index in [4.69, 9.17) is 5.11 Å². The summed E-state index contributed by atoms with van der Waals surface area (Å²) < 4.78 is 0. The van der Waals surface area contributed by atoms with E-state index in [1.165, 1.54) is 0 Å². The number of aliphatic carboxylic acids is 1. The van der Waals surface area contributed by atoms with Crippen LogP contribution in [-0.4, -0.2) is 35.6 Å². The number of fused-ring (bicyclic) bond motifs is 2. The second kappa shape index (κ2) is 2.90. The summed E-state index contributed by atoms with van der Waals surface area (Å²) in [6.07, 6.45) is 4.07. The predicted molar refractivity (Wildman–Crippen MR) is 44.9 cm³/mol. The van der Waals surface area contributed by atoms with Crippen LogP contribution in [0.5, 0.6) is 0 Å². The van der Waals surface area contributed by atoms with Gasteiger partial charge in [-0.3, -0.25) is 4.90 Å². The van der Waals surface area contributed by atoms with Crippen molar-refractivity contribution in [2.45, 2.75) is 12.8 Å². The predicted octanol–water partition coefficient (Wildman–Crippen LogP) is 0.723. The Hall–Kier alpha value is -0.830. The van der Waals surface area contributed by atoms with Gasteiger partial charge in [-0.05, 0) is 19.4 Å². The molecule has 0 aromatic heterocycles. The molecule has 0 aromatic rings. The van der Waals surface area contributed by atoms with E-state index in [1.54, 1.807) is 0 Å². The van der Waals surface area contributed by atoms with Gasteiger partial charge < -0.3 is 5.11 Å². The lowest BCUT2D eigenvalue weighted by Gasteiger charge is -2.36. The van der Waals surface area contributed by atoms with Gasteiger partial charge in [0.1, 0.15) is 0 Å². The van der Waals surface area contributed by atoms with Crippen LogP contribution < -0.4 is 0 Å². The van der Waals surface area contributed by atoms with Crippen molar-refractivity contribution >= 4 is 5.97 Å². The number of carboxylic acids is 1. The van der Waals surface area contributed by atoms with Gasteiger partial charge in [0.25, 0.3) is 0 Å². The molecule has 0 aliphatic carbocycles. The normalized spacial score (nSPS) is 34.2. The lowest BCUT2D eigenvalue weighted by molar-refractivity contribution is -0.133. The van der Waals surface area contributed by atoms with Gasteiger partial charge in [0.2, 0.25) is 0 Å². The summed E-state index contributed by atoms with van der Waals surface area (Å²) in [7, 11) is 0. The van der Waals surface area contributed by atoms with Gasteiger partial charge in [0.05, 0.1) is 0 Å². The fourth-order valence-electron chi connectivity index (χ4n) is 2.13. The van der Waals surface area contributed by atoms with Gasteiger partial charge in [-0.25, -0.2) is 4.79 Å². The first-order valence-electron chi connectivity index (χ1n) is 4.43. The number of hydrogen-bond donors (Lipinski definition) is 1. The van der Waals surface area contributed by atoms with E-state index in [9.17, 15) is 4.79 Å². The smallest absolute Gasteiger partial charge is 0.331 e. The van der Waals surface area contributed by atoms with Gasteiger partial charge in [0, 0.05) is 24.6 Å². The summed E-state index contributed by atoms with van der Waals surface area (Å²) in [5, 5.41) is 8.86. The Labute approximate surface area is 71.7 Å². The largest absolute Gasteiger partial charge is 0.478 e. The zero-order valence-electron chi connectivity index (χ0n) is 6.99. The topological polar surface area (TPSA) is 40.5 Å². The second-order valence-electron chi connectivity index (χ2n) is 3.56. The first kappa shape index (κ1) is 7.80. The fraction of sp³-hybridized carbons (Fsp3) is 0.667. The van der Waals surface area contributed by atoms with Crippen LogP contribution in [0.2, 0.25) is 0 Å². The number of carbonyl (C=O) groups is 1. The molecular weight excluding hydrogens is 154 g/mol. The van der Waals surface area contributed by atoms with E-state index in [1.807, 2.05) is 6.08 Å². The van der Waals surface area contributed by atoms with E-state index in [2.05, 4.69) is 4.90 Å². The molecule has 2 aliphatic rings. The molecule has 0 amide bonds. The van der Waals surface area contributed by atoms with E-state index < -0.39 is 5.97 Å². The number of piperidine rings is 1. The van der Waals surface area contributed by atoms with E-state index in [-0.39, 0.29) is 0 Å². The van der Waals surface area contributed by atoms with Crippen LogP contribution in [0.1, 0.15) is 12.8 Å². The molecule has 2 bridgehead atoms. The first-order valence-corrected chi connectivity index (χ1v) is 4.43. The minimum atomic E-state index is -0.721. The molecule has 2 heterocycles. The minimum Gasteiger partial charge on any atom is -0.478 e. The van der Waals surface area contributed by atoms with Crippen molar-refractivity contribution < 1.29 is 9.90 Å². The maximum absolute atomic E-state index is 10.8. The highest BCUT2D eigenvalue weighted by molar-refractivity contribution is 5.87. The summed E-state index contributed by atoms with van der Waals surface area (Å²) in [4.78, 5) is 13.1.